The monoisotopic (exact) mass is 516 g/mol. The maximum absolute atomic E-state index is 12.7. The van der Waals surface area contributed by atoms with Gasteiger partial charge in [0.2, 0.25) is 5.89 Å². The van der Waals surface area contributed by atoms with Gasteiger partial charge in [-0.25, -0.2) is 4.98 Å². The van der Waals surface area contributed by atoms with Gasteiger partial charge in [0, 0.05) is 18.9 Å². The number of carbonyl (C=O) groups excluding carboxylic acids is 2. The van der Waals surface area contributed by atoms with Gasteiger partial charge in [-0.15, -0.1) is 0 Å². The number of rotatable bonds is 12. The van der Waals surface area contributed by atoms with Crippen LogP contribution in [0.2, 0.25) is 0 Å². The van der Waals surface area contributed by atoms with Crippen LogP contribution in [-0.2, 0) is 33.5 Å². The summed E-state index contributed by atoms with van der Waals surface area (Å²) in [6, 6.07) is 18.6. The number of nitrogens with one attached hydrogen (secondary N) is 1. The Labute approximate surface area is 223 Å². The maximum atomic E-state index is 12.7. The van der Waals surface area contributed by atoms with E-state index in [1.54, 1.807) is 0 Å². The van der Waals surface area contributed by atoms with Crippen molar-refractivity contribution in [3.63, 3.8) is 0 Å². The van der Waals surface area contributed by atoms with Crippen LogP contribution in [0.25, 0.3) is 0 Å². The number of ether oxygens (including phenoxy) is 2. The molecule has 2 fully saturated rings. The van der Waals surface area contributed by atoms with Gasteiger partial charge in [0.25, 0.3) is 5.91 Å². The van der Waals surface area contributed by atoms with Crippen LogP contribution in [0.1, 0.15) is 71.1 Å². The van der Waals surface area contributed by atoms with Crippen molar-refractivity contribution in [1.82, 2.24) is 10.3 Å². The summed E-state index contributed by atoms with van der Waals surface area (Å²) in [6.07, 6.45) is 8.40. The molecule has 3 aromatic rings. The molecule has 2 aliphatic heterocycles. The number of unbranched alkanes of at least 4 members (excludes halogenated alkanes) is 1. The van der Waals surface area contributed by atoms with E-state index in [1.165, 1.54) is 24.5 Å². The van der Waals surface area contributed by atoms with Crippen molar-refractivity contribution in [3.8, 4) is 0 Å². The third-order valence-electron chi connectivity index (χ3n) is 7.89. The zero-order valence-electron chi connectivity index (χ0n) is 21.9. The second-order valence-electron chi connectivity index (χ2n) is 10.3. The summed E-state index contributed by atoms with van der Waals surface area (Å²) in [5.41, 5.74) is 4.00. The Morgan fingerprint density at radius 3 is 2.55 bits per heavy atom. The molecule has 5 rings (SSSR count). The summed E-state index contributed by atoms with van der Waals surface area (Å²) in [7, 11) is 1.42. The van der Waals surface area contributed by atoms with E-state index in [0.29, 0.717) is 31.0 Å². The Morgan fingerprint density at radius 2 is 1.74 bits per heavy atom. The minimum absolute atomic E-state index is 0.00911. The summed E-state index contributed by atoms with van der Waals surface area (Å²) in [6.45, 7) is 0.607. The summed E-state index contributed by atoms with van der Waals surface area (Å²) in [5.74, 6) is 0.398. The van der Waals surface area contributed by atoms with Crippen LogP contribution in [-0.4, -0.2) is 42.7 Å². The summed E-state index contributed by atoms with van der Waals surface area (Å²) >= 11 is 0. The number of fused-ring (bicyclic) bond motifs is 2. The van der Waals surface area contributed by atoms with Crippen LogP contribution < -0.4 is 5.32 Å². The van der Waals surface area contributed by atoms with Gasteiger partial charge in [0.15, 0.2) is 5.69 Å². The fraction of sp³-hybridized carbons (Fsp3) is 0.452. The number of carbonyl (C=O) groups is 2. The molecular weight excluding hydrogens is 480 g/mol. The second-order valence-corrected chi connectivity index (χ2v) is 10.3. The minimum atomic E-state index is -0.206. The first-order valence-corrected chi connectivity index (χ1v) is 13.7. The van der Waals surface area contributed by atoms with Crippen LogP contribution in [0.5, 0.6) is 0 Å². The fourth-order valence-corrected chi connectivity index (χ4v) is 5.91. The first-order valence-electron chi connectivity index (χ1n) is 13.7. The Bertz CT molecular complexity index is 1220. The van der Waals surface area contributed by atoms with E-state index in [1.807, 2.05) is 18.2 Å². The third-order valence-corrected chi connectivity index (χ3v) is 7.89. The lowest BCUT2D eigenvalue weighted by molar-refractivity contribution is -0.140. The molecule has 3 heterocycles. The number of aromatic nitrogens is 1. The molecule has 2 saturated heterocycles. The molecule has 0 spiro atoms. The lowest BCUT2D eigenvalue weighted by Crippen LogP contribution is -2.28. The number of nitrogens with zero attached hydrogens (tertiary/aromatic N) is 1. The minimum Gasteiger partial charge on any atom is -0.469 e. The van der Waals surface area contributed by atoms with Gasteiger partial charge >= 0.3 is 5.97 Å². The van der Waals surface area contributed by atoms with Gasteiger partial charge < -0.3 is 19.2 Å². The molecule has 0 unspecified atom stereocenters. The number of esters is 1. The topological polar surface area (TPSA) is 90.7 Å². The number of methoxy groups -OCH3 is 1. The van der Waals surface area contributed by atoms with E-state index < -0.39 is 0 Å². The van der Waals surface area contributed by atoms with Gasteiger partial charge in [-0.2, -0.15) is 0 Å². The molecule has 1 aromatic heterocycles. The molecule has 7 nitrogen and oxygen atoms in total. The number of hydrogen-bond donors (Lipinski definition) is 1. The molecule has 0 saturated carbocycles. The van der Waals surface area contributed by atoms with Gasteiger partial charge in [-0.3, -0.25) is 9.59 Å². The van der Waals surface area contributed by atoms with E-state index in [0.717, 1.165) is 44.1 Å². The van der Waals surface area contributed by atoms with E-state index in [2.05, 4.69) is 46.7 Å². The van der Waals surface area contributed by atoms with E-state index in [9.17, 15) is 9.59 Å². The molecule has 2 aliphatic rings. The highest BCUT2D eigenvalue weighted by Gasteiger charge is 2.51. The average Bonchev–Trinajstić information content (AvgIpc) is 3.70. The normalized spacial score (nSPS) is 21.9. The quantitative estimate of drug-likeness (QED) is 0.268. The summed E-state index contributed by atoms with van der Waals surface area (Å²) in [5, 5.41) is 2.98. The summed E-state index contributed by atoms with van der Waals surface area (Å²) in [4.78, 5) is 29.1. The number of hydrogen-bond acceptors (Lipinski definition) is 6. The van der Waals surface area contributed by atoms with Crippen molar-refractivity contribution in [1.29, 1.82) is 0 Å². The van der Waals surface area contributed by atoms with E-state index in [-0.39, 0.29) is 35.9 Å². The van der Waals surface area contributed by atoms with Crippen LogP contribution in [0.15, 0.2) is 65.3 Å². The van der Waals surface area contributed by atoms with E-state index in [4.69, 9.17) is 13.9 Å². The molecule has 2 bridgehead atoms. The highest BCUT2D eigenvalue weighted by atomic mass is 16.5. The van der Waals surface area contributed by atoms with E-state index >= 15 is 0 Å². The molecule has 1 N–H and O–H groups in total. The van der Waals surface area contributed by atoms with Crippen LogP contribution in [0.4, 0.5) is 0 Å². The lowest BCUT2D eigenvalue weighted by Gasteiger charge is -2.26. The van der Waals surface area contributed by atoms with Gasteiger partial charge in [-0.05, 0) is 61.6 Å². The number of benzene rings is 2. The van der Waals surface area contributed by atoms with Gasteiger partial charge in [0.05, 0.1) is 25.2 Å². The molecule has 200 valence electrons. The molecule has 2 aromatic carbocycles. The average molecular weight is 517 g/mol. The summed E-state index contributed by atoms with van der Waals surface area (Å²) < 4.78 is 17.0. The molecule has 38 heavy (non-hydrogen) atoms. The second kappa shape index (κ2) is 12.4. The third kappa shape index (κ3) is 6.16. The smallest absolute Gasteiger partial charge is 0.305 e. The van der Waals surface area contributed by atoms with Gasteiger partial charge in [-0.1, -0.05) is 54.6 Å². The Morgan fingerprint density at radius 1 is 0.974 bits per heavy atom. The van der Waals surface area contributed by atoms with Crippen molar-refractivity contribution in [2.45, 2.75) is 69.5 Å². The lowest BCUT2D eigenvalue weighted by atomic mass is 9.75. The van der Waals surface area contributed by atoms with Crippen molar-refractivity contribution < 1.29 is 23.5 Å². The predicted octanol–water partition coefficient (Wildman–Crippen LogP) is 5.04. The Balaban J connectivity index is 1.19. The standard InChI is InChI=1S/C31H36N2O5/c1-36-28(34)17-14-22-12-5-6-13-23(22)19-24-26-15-16-27(38-26)29(24)31-33-25(20-37-31)30(35)32-18-8-7-11-21-9-3-2-4-10-21/h2-6,9-10,12-13,20,24,26-27,29H,7-8,11,14-19H2,1H3,(H,32,35)/t24-,26-,27+,29-/m0/s1. The largest absolute Gasteiger partial charge is 0.469 e. The molecule has 1 amide bonds. The van der Waals surface area contributed by atoms with Crippen molar-refractivity contribution in [2.24, 2.45) is 5.92 Å². The molecule has 4 atom stereocenters. The highest BCUT2D eigenvalue weighted by Crippen LogP contribution is 2.50. The number of aryl methyl sites for hydroxylation is 2. The van der Waals surface area contributed by atoms with Crippen molar-refractivity contribution in [3.05, 3.63) is 89.1 Å². The number of oxazole rings is 1. The molecule has 0 radical (unpaired) electrons. The Hall–Kier alpha value is -3.45. The van der Waals surface area contributed by atoms with Crippen LogP contribution in [0.3, 0.4) is 0 Å². The Kier molecular flexibility index (Phi) is 8.54. The van der Waals surface area contributed by atoms with Crippen molar-refractivity contribution in [2.75, 3.05) is 13.7 Å². The number of amides is 1. The highest BCUT2D eigenvalue weighted by molar-refractivity contribution is 5.91. The first kappa shape index (κ1) is 26.2. The van der Waals surface area contributed by atoms with Crippen LogP contribution in [0, 0.1) is 5.92 Å². The van der Waals surface area contributed by atoms with Crippen molar-refractivity contribution >= 4 is 11.9 Å². The SMILES string of the molecule is COC(=O)CCc1ccccc1C[C@@H]1[C@H](c2nc(C(=O)NCCCCc3ccccc3)co2)[C@H]2CC[C@@H]1O2. The zero-order chi connectivity index (χ0) is 26.3. The van der Waals surface area contributed by atoms with Gasteiger partial charge in [0.1, 0.15) is 6.26 Å². The predicted molar refractivity (Wildman–Crippen MR) is 143 cm³/mol. The first-order chi connectivity index (χ1) is 18.6. The molecule has 7 heteroatoms. The zero-order valence-corrected chi connectivity index (χ0v) is 21.9. The fourth-order valence-electron chi connectivity index (χ4n) is 5.91. The molecule has 0 aliphatic carbocycles. The maximum Gasteiger partial charge on any atom is 0.305 e. The van der Waals surface area contributed by atoms with Crippen LogP contribution >= 0.6 is 0 Å². The molecular formula is C31H36N2O5.